The molecule has 0 aliphatic carbocycles. The normalized spacial score (nSPS) is 15.9. The molecule has 1 atom stereocenters. The van der Waals surface area contributed by atoms with Crippen LogP contribution in [0.25, 0.3) is 43.4 Å². The predicted octanol–water partition coefficient (Wildman–Crippen LogP) is 5.12. The van der Waals surface area contributed by atoms with E-state index in [2.05, 4.69) is 38.5 Å². The smallest absolute Gasteiger partial charge is 0.233 e. The molecule has 0 N–H and O–H groups in total. The third-order valence-electron chi connectivity index (χ3n) is 6.37. The van der Waals surface area contributed by atoms with Gasteiger partial charge in [-0.3, -0.25) is 0 Å². The molecule has 4 aromatic heterocycles. The molecular formula is C25H24N6O2S2. The van der Waals surface area contributed by atoms with Crippen molar-refractivity contribution in [2.24, 2.45) is 7.05 Å². The minimum Gasteiger partial charge on any atom is -0.480 e. The molecule has 6 rings (SSSR count). The number of thiophene rings is 1. The second-order valence-electron chi connectivity index (χ2n) is 8.41. The second kappa shape index (κ2) is 9.03. The van der Waals surface area contributed by atoms with E-state index in [0.29, 0.717) is 11.7 Å². The van der Waals surface area contributed by atoms with Gasteiger partial charge in [0.25, 0.3) is 0 Å². The molecular weight excluding hydrogens is 480 g/mol. The van der Waals surface area contributed by atoms with Gasteiger partial charge in [-0.05, 0) is 23.5 Å². The van der Waals surface area contributed by atoms with Crippen molar-refractivity contribution in [1.82, 2.24) is 23.9 Å². The number of aromatic nitrogens is 5. The zero-order valence-electron chi connectivity index (χ0n) is 19.6. The van der Waals surface area contributed by atoms with Gasteiger partial charge in [-0.2, -0.15) is 4.37 Å². The number of anilines is 1. The first kappa shape index (κ1) is 22.1. The Morgan fingerprint density at radius 3 is 2.69 bits per heavy atom. The molecule has 1 aromatic carbocycles. The number of benzene rings is 1. The maximum Gasteiger partial charge on any atom is 0.233 e. The van der Waals surface area contributed by atoms with Gasteiger partial charge < -0.3 is 18.9 Å². The monoisotopic (exact) mass is 504 g/mol. The van der Waals surface area contributed by atoms with E-state index in [1.807, 2.05) is 29.3 Å². The van der Waals surface area contributed by atoms with Crippen molar-refractivity contribution < 1.29 is 9.47 Å². The maximum absolute atomic E-state index is 5.68. The molecule has 0 spiro atoms. The van der Waals surface area contributed by atoms with Gasteiger partial charge in [0.05, 0.1) is 29.0 Å². The standard InChI is InChI=1S/C25H24N6O2S2/c1-30-12-10-26-23(30)21-27-22(31-11-9-16(13-31)32-2)19-18(15-7-5-4-6-8-15)20(35-25(19)28-21)17-14-34-29-24(17)33-3/h4-8,10,12,14,16H,9,11,13H2,1-3H3. The van der Waals surface area contributed by atoms with Gasteiger partial charge in [0.1, 0.15) is 10.6 Å². The van der Waals surface area contributed by atoms with Gasteiger partial charge in [-0.1, -0.05) is 30.3 Å². The van der Waals surface area contributed by atoms with Crippen molar-refractivity contribution in [3.05, 3.63) is 48.1 Å². The van der Waals surface area contributed by atoms with Crippen molar-refractivity contribution in [2.45, 2.75) is 12.5 Å². The van der Waals surface area contributed by atoms with Crippen molar-refractivity contribution in [1.29, 1.82) is 0 Å². The first-order valence-electron chi connectivity index (χ1n) is 11.3. The van der Waals surface area contributed by atoms with Crippen LogP contribution in [0, 0.1) is 0 Å². The lowest BCUT2D eigenvalue weighted by molar-refractivity contribution is 0.121. The first-order chi connectivity index (χ1) is 17.2. The molecule has 5 aromatic rings. The van der Waals surface area contributed by atoms with E-state index in [-0.39, 0.29) is 6.10 Å². The van der Waals surface area contributed by atoms with Crippen LogP contribution in [0.15, 0.2) is 48.1 Å². The summed E-state index contributed by atoms with van der Waals surface area (Å²) in [6, 6.07) is 10.4. The number of fused-ring (bicyclic) bond motifs is 1. The number of hydrogen-bond donors (Lipinski definition) is 0. The Morgan fingerprint density at radius 1 is 1.11 bits per heavy atom. The predicted molar refractivity (Wildman–Crippen MR) is 140 cm³/mol. The largest absolute Gasteiger partial charge is 0.480 e. The minimum atomic E-state index is 0.177. The molecule has 1 fully saturated rings. The van der Waals surface area contributed by atoms with Crippen LogP contribution in [0.2, 0.25) is 0 Å². The molecule has 178 valence electrons. The van der Waals surface area contributed by atoms with Gasteiger partial charge in [0.15, 0.2) is 11.6 Å². The average molecular weight is 505 g/mol. The van der Waals surface area contributed by atoms with Crippen LogP contribution < -0.4 is 9.64 Å². The highest BCUT2D eigenvalue weighted by atomic mass is 32.1. The number of rotatable bonds is 6. The highest BCUT2D eigenvalue weighted by Crippen LogP contribution is 2.50. The fourth-order valence-electron chi connectivity index (χ4n) is 4.60. The number of methoxy groups -OCH3 is 2. The summed E-state index contributed by atoms with van der Waals surface area (Å²) in [5, 5.41) is 3.08. The van der Waals surface area contributed by atoms with Gasteiger partial charge in [0.2, 0.25) is 5.88 Å². The van der Waals surface area contributed by atoms with E-state index >= 15 is 0 Å². The Morgan fingerprint density at radius 2 is 1.97 bits per heavy atom. The molecule has 0 bridgehead atoms. The molecule has 1 unspecified atom stereocenters. The van der Waals surface area contributed by atoms with Crippen molar-refractivity contribution >= 4 is 38.9 Å². The van der Waals surface area contributed by atoms with E-state index in [4.69, 9.17) is 19.4 Å². The van der Waals surface area contributed by atoms with Crippen LogP contribution in [0.4, 0.5) is 5.82 Å². The number of hydrogen-bond acceptors (Lipinski definition) is 9. The molecule has 1 saturated heterocycles. The summed E-state index contributed by atoms with van der Waals surface area (Å²) in [6.07, 6.45) is 4.82. The molecule has 0 radical (unpaired) electrons. The molecule has 8 nitrogen and oxygen atoms in total. The van der Waals surface area contributed by atoms with Crippen molar-refractivity contribution in [3.8, 4) is 39.1 Å². The molecule has 35 heavy (non-hydrogen) atoms. The fourth-order valence-corrected chi connectivity index (χ4v) is 6.52. The van der Waals surface area contributed by atoms with E-state index in [1.165, 1.54) is 11.5 Å². The highest BCUT2D eigenvalue weighted by molar-refractivity contribution is 7.23. The number of imidazole rings is 1. The summed E-state index contributed by atoms with van der Waals surface area (Å²) in [4.78, 5) is 19.0. The zero-order valence-corrected chi connectivity index (χ0v) is 21.3. The molecule has 0 amide bonds. The maximum atomic E-state index is 5.68. The quantitative estimate of drug-likeness (QED) is 0.318. The highest BCUT2D eigenvalue weighted by Gasteiger charge is 2.30. The van der Waals surface area contributed by atoms with Crippen LogP contribution in [0.1, 0.15) is 6.42 Å². The summed E-state index contributed by atoms with van der Waals surface area (Å²) in [5.41, 5.74) is 3.19. The number of nitrogens with zero attached hydrogens (tertiary/aromatic N) is 6. The SMILES string of the molecule is COc1nscc1-c1sc2nc(-c3nccn3C)nc(N3CCC(OC)C3)c2c1-c1ccccc1. The topological polar surface area (TPSA) is 78.2 Å². The van der Waals surface area contributed by atoms with E-state index in [0.717, 1.165) is 62.9 Å². The zero-order chi connectivity index (χ0) is 23.9. The van der Waals surface area contributed by atoms with Gasteiger partial charge in [-0.25, -0.2) is 15.0 Å². The lowest BCUT2D eigenvalue weighted by Gasteiger charge is -2.20. The Kier molecular flexibility index (Phi) is 5.71. The number of ether oxygens (including phenoxy) is 2. The summed E-state index contributed by atoms with van der Waals surface area (Å²) in [5.74, 6) is 2.89. The number of aryl methyl sites for hydroxylation is 1. The van der Waals surface area contributed by atoms with E-state index in [9.17, 15) is 0 Å². The van der Waals surface area contributed by atoms with Gasteiger partial charge >= 0.3 is 0 Å². The van der Waals surface area contributed by atoms with Crippen LogP contribution in [0.5, 0.6) is 5.88 Å². The summed E-state index contributed by atoms with van der Waals surface area (Å²) < 4.78 is 17.7. The van der Waals surface area contributed by atoms with Crippen LogP contribution in [0.3, 0.4) is 0 Å². The van der Waals surface area contributed by atoms with Crippen LogP contribution in [-0.4, -0.2) is 57.3 Å². The van der Waals surface area contributed by atoms with E-state index in [1.54, 1.807) is 31.8 Å². The van der Waals surface area contributed by atoms with Crippen LogP contribution in [-0.2, 0) is 11.8 Å². The third-order valence-corrected chi connectivity index (χ3v) is 8.10. The lowest BCUT2D eigenvalue weighted by Crippen LogP contribution is -2.23. The molecule has 10 heteroatoms. The van der Waals surface area contributed by atoms with Gasteiger partial charge in [0, 0.05) is 50.6 Å². The Labute approximate surface area is 211 Å². The second-order valence-corrected chi connectivity index (χ2v) is 10.0. The lowest BCUT2D eigenvalue weighted by atomic mass is 10.0. The fraction of sp³-hybridized carbons (Fsp3) is 0.280. The summed E-state index contributed by atoms with van der Waals surface area (Å²) in [6.45, 7) is 1.65. The van der Waals surface area contributed by atoms with E-state index < -0.39 is 0 Å². The Bertz CT molecular complexity index is 1490. The van der Waals surface area contributed by atoms with Crippen molar-refractivity contribution in [3.63, 3.8) is 0 Å². The average Bonchev–Trinajstić information content (AvgIpc) is 3.69. The minimum absolute atomic E-state index is 0.177. The van der Waals surface area contributed by atoms with Gasteiger partial charge in [-0.15, -0.1) is 11.3 Å². The Balaban J connectivity index is 1.68. The summed E-state index contributed by atoms with van der Waals surface area (Å²) in [7, 11) is 5.40. The van der Waals surface area contributed by atoms with Crippen molar-refractivity contribution in [2.75, 3.05) is 32.2 Å². The molecule has 0 saturated carbocycles. The third kappa shape index (κ3) is 3.78. The first-order valence-corrected chi connectivity index (χ1v) is 13.0. The molecule has 1 aliphatic heterocycles. The molecule has 1 aliphatic rings. The van der Waals surface area contributed by atoms with Crippen LogP contribution >= 0.6 is 22.9 Å². The molecule has 5 heterocycles. The summed E-state index contributed by atoms with van der Waals surface area (Å²) >= 11 is 3.03. The Hall–Kier alpha value is -3.34.